The lowest BCUT2D eigenvalue weighted by molar-refractivity contribution is 0.0993. The van der Waals surface area contributed by atoms with Gasteiger partial charge >= 0.3 is 0 Å². The Balaban J connectivity index is 1.41. The number of sulfonamides is 1. The highest BCUT2D eigenvalue weighted by Crippen LogP contribution is 2.32. The highest BCUT2D eigenvalue weighted by Gasteiger charge is 2.30. The van der Waals surface area contributed by atoms with Gasteiger partial charge in [0.25, 0.3) is 15.9 Å². The Morgan fingerprint density at radius 3 is 2.02 bits per heavy atom. The second kappa shape index (κ2) is 11.8. The van der Waals surface area contributed by atoms with Crippen molar-refractivity contribution in [2.24, 2.45) is 0 Å². The van der Waals surface area contributed by atoms with Crippen molar-refractivity contribution < 1.29 is 18.0 Å². The Bertz CT molecular complexity index is 1990. The molecular weight excluding hydrogens is 583 g/mol. The fourth-order valence-corrected chi connectivity index (χ4v) is 6.29. The second-order valence-electron chi connectivity index (χ2n) is 9.30. The predicted octanol–water partition coefficient (Wildman–Crippen LogP) is 6.28. The summed E-state index contributed by atoms with van der Waals surface area (Å²) in [7, 11) is -3.87. The van der Waals surface area contributed by atoms with Gasteiger partial charge in [-0.05, 0) is 36.4 Å². The zero-order chi connectivity index (χ0) is 29.8. The summed E-state index contributed by atoms with van der Waals surface area (Å²) in [4.78, 5) is 31.8. The number of benzene rings is 4. The molecule has 0 saturated carbocycles. The van der Waals surface area contributed by atoms with Gasteiger partial charge in [-0.2, -0.15) is 5.10 Å². The van der Waals surface area contributed by atoms with E-state index in [9.17, 15) is 18.0 Å². The third kappa shape index (κ3) is 5.85. The molecule has 2 N–H and O–H groups in total. The molecule has 0 aliphatic carbocycles. The summed E-state index contributed by atoms with van der Waals surface area (Å²) in [5.74, 6) is -0.982. The molecule has 212 valence electrons. The van der Waals surface area contributed by atoms with E-state index >= 15 is 0 Å². The van der Waals surface area contributed by atoms with Crippen molar-refractivity contribution in [3.8, 4) is 16.9 Å². The number of nitrogens with zero attached hydrogens (tertiary/aromatic N) is 3. The van der Waals surface area contributed by atoms with E-state index in [-0.39, 0.29) is 27.1 Å². The predicted molar refractivity (Wildman–Crippen MR) is 166 cm³/mol. The van der Waals surface area contributed by atoms with Crippen LogP contribution in [0.1, 0.15) is 26.4 Å². The van der Waals surface area contributed by atoms with Crippen LogP contribution in [0.15, 0.2) is 132 Å². The van der Waals surface area contributed by atoms with Crippen LogP contribution in [0.3, 0.4) is 0 Å². The molecule has 0 aliphatic heterocycles. The summed E-state index contributed by atoms with van der Waals surface area (Å²) < 4.78 is 29.5. The van der Waals surface area contributed by atoms with Gasteiger partial charge in [0, 0.05) is 28.4 Å². The molecule has 1 amide bonds. The van der Waals surface area contributed by atoms with Crippen LogP contribution in [-0.2, 0) is 10.0 Å². The number of amides is 1. The van der Waals surface area contributed by atoms with Crippen molar-refractivity contribution >= 4 is 43.9 Å². The number of para-hydroxylation sites is 1. The van der Waals surface area contributed by atoms with Crippen molar-refractivity contribution in [1.29, 1.82) is 0 Å². The fourth-order valence-electron chi connectivity index (χ4n) is 4.50. The van der Waals surface area contributed by atoms with E-state index in [1.54, 1.807) is 34.3 Å². The quantitative estimate of drug-likeness (QED) is 0.187. The second-order valence-corrected chi connectivity index (χ2v) is 11.9. The van der Waals surface area contributed by atoms with Gasteiger partial charge in [0.05, 0.1) is 21.8 Å². The summed E-state index contributed by atoms with van der Waals surface area (Å²) in [5.41, 5.74) is 2.66. The van der Waals surface area contributed by atoms with Crippen LogP contribution in [-0.4, -0.2) is 34.9 Å². The fraction of sp³-hybridized carbons (Fsp3) is 0. The monoisotopic (exact) mass is 605 g/mol. The van der Waals surface area contributed by atoms with Crippen LogP contribution in [0.2, 0.25) is 0 Å². The first-order chi connectivity index (χ1) is 20.9. The lowest BCUT2D eigenvalue weighted by atomic mass is 9.97. The summed E-state index contributed by atoms with van der Waals surface area (Å²) in [6.07, 6.45) is 1.50. The van der Waals surface area contributed by atoms with E-state index in [0.29, 0.717) is 28.2 Å². The van der Waals surface area contributed by atoms with E-state index < -0.39 is 15.9 Å². The van der Waals surface area contributed by atoms with E-state index in [2.05, 4.69) is 20.1 Å². The minimum Gasteiger partial charge on any atom is -0.321 e. The first-order valence-electron chi connectivity index (χ1n) is 13.1. The highest BCUT2D eigenvalue weighted by molar-refractivity contribution is 7.93. The Morgan fingerprint density at radius 1 is 0.767 bits per heavy atom. The molecule has 0 spiro atoms. The molecule has 6 aromatic rings. The highest BCUT2D eigenvalue weighted by atomic mass is 32.2. The average molecular weight is 606 g/mol. The maximum Gasteiger partial charge on any atom is 0.276 e. The molecule has 43 heavy (non-hydrogen) atoms. The normalized spacial score (nSPS) is 11.2. The molecule has 0 radical (unpaired) electrons. The standard InChI is InChI=1S/C32H23N5O4S2/c38-30(23-12-6-2-7-13-23)27-28(35-37(25-14-8-3-9-15-25)29(27)22-10-4-1-5-11-22)31(39)34-24-16-18-26(19-17-24)43(40,41)36-32-33-20-21-42-32/h1-21H,(H,33,36)(H,34,39). The summed E-state index contributed by atoms with van der Waals surface area (Å²) in [6.45, 7) is 0. The molecule has 0 unspecified atom stereocenters. The molecule has 0 atom stereocenters. The van der Waals surface area contributed by atoms with Gasteiger partial charge in [0.2, 0.25) is 0 Å². The third-order valence-electron chi connectivity index (χ3n) is 6.49. The molecule has 2 heterocycles. The number of rotatable bonds is 9. The molecule has 0 saturated heterocycles. The molecular formula is C32H23N5O4S2. The largest absolute Gasteiger partial charge is 0.321 e. The molecule has 11 heteroatoms. The number of carbonyl (C=O) groups is 2. The van der Waals surface area contributed by atoms with E-state index in [1.165, 1.54) is 30.5 Å². The number of hydrogen-bond donors (Lipinski definition) is 2. The maximum absolute atomic E-state index is 14.0. The van der Waals surface area contributed by atoms with Gasteiger partial charge in [0.15, 0.2) is 16.6 Å². The minimum atomic E-state index is -3.87. The van der Waals surface area contributed by atoms with Gasteiger partial charge in [-0.1, -0.05) is 78.9 Å². The van der Waals surface area contributed by atoms with Gasteiger partial charge in [-0.25, -0.2) is 18.1 Å². The molecule has 0 fully saturated rings. The van der Waals surface area contributed by atoms with Crippen molar-refractivity contribution in [2.45, 2.75) is 4.90 Å². The van der Waals surface area contributed by atoms with Gasteiger partial charge in [-0.15, -0.1) is 11.3 Å². The maximum atomic E-state index is 14.0. The van der Waals surface area contributed by atoms with E-state index in [0.717, 1.165) is 11.3 Å². The summed E-state index contributed by atoms with van der Waals surface area (Å²) in [5, 5.41) is 9.36. The van der Waals surface area contributed by atoms with E-state index in [4.69, 9.17) is 0 Å². The lowest BCUT2D eigenvalue weighted by Gasteiger charge is -2.10. The van der Waals surface area contributed by atoms with Crippen molar-refractivity contribution in [1.82, 2.24) is 14.8 Å². The Labute approximate surface area is 251 Å². The Morgan fingerprint density at radius 2 is 1.40 bits per heavy atom. The first-order valence-corrected chi connectivity index (χ1v) is 15.4. The van der Waals surface area contributed by atoms with Crippen LogP contribution in [0, 0.1) is 0 Å². The smallest absolute Gasteiger partial charge is 0.276 e. The van der Waals surface area contributed by atoms with E-state index in [1.807, 2.05) is 66.7 Å². The number of ketones is 1. The number of anilines is 2. The molecule has 0 aliphatic rings. The van der Waals surface area contributed by atoms with Crippen molar-refractivity contribution in [2.75, 3.05) is 10.0 Å². The third-order valence-corrected chi connectivity index (χ3v) is 8.66. The zero-order valence-corrected chi connectivity index (χ0v) is 24.0. The number of hydrogen-bond acceptors (Lipinski definition) is 7. The summed E-state index contributed by atoms with van der Waals surface area (Å²) in [6, 6.07) is 33.0. The van der Waals surface area contributed by atoms with Crippen molar-refractivity contribution in [3.63, 3.8) is 0 Å². The van der Waals surface area contributed by atoms with Crippen LogP contribution >= 0.6 is 11.3 Å². The molecule has 2 aromatic heterocycles. The van der Waals surface area contributed by atoms with Gasteiger partial charge in [0.1, 0.15) is 0 Å². The van der Waals surface area contributed by atoms with Gasteiger partial charge in [-0.3, -0.25) is 14.3 Å². The minimum absolute atomic E-state index is 0.000336. The average Bonchev–Trinajstić information content (AvgIpc) is 3.70. The lowest BCUT2D eigenvalue weighted by Crippen LogP contribution is -2.17. The van der Waals surface area contributed by atoms with Crippen LogP contribution in [0.5, 0.6) is 0 Å². The Hall–Kier alpha value is -5.39. The zero-order valence-electron chi connectivity index (χ0n) is 22.4. The van der Waals surface area contributed by atoms with Crippen LogP contribution < -0.4 is 10.0 Å². The first kappa shape index (κ1) is 27.8. The van der Waals surface area contributed by atoms with Gasteiger partial charge < -0.3 is 5.32 Å². The number of nitrogens with one attached hydrogen (secondary N) is 2. The Kier molecular flexibility index (Phi) is 7.65. The molecule has 4 aromatic carbocycles. The number of thiazole rings is 1. The number of aromatic nitrogens is 3. The molecule has 6 rings (SSSR count). The number of carbonyl (C=O) groups excluding carboxylic acids is 2. The topological polar surface area (TPSA) is 123 Å². The van der Waals surface area contributed by atoms with Crippen LogP contribution in [0.4, 0.5) is 10.8 Å². The van der Waals surface area contributed by atoms with Crippen molar-refractivity contribution in [3.05, 3.63) is 144 Å². The SMILES string of the molecule is O=C(Nc1ccc(S(=O)(=O)Nc2nccs2)cc1)c1nn(-c2ccccc2)c(-c2ccccc2)c1C(=O)c1ccccc1. The van der Waals surface area contributed by atoms with Crippen LogP contribution in [0.25, 0.3) is 16.9 Å². The summed E-state index contributed by atoms with van der Waals surface area (Å²) >= 11 is 1.16. The molecule has 0 bridgehead atoms. The molecule has 9 nitrogen and oxygen atoms in total.